The molecule has 1 aliphatic heterocycles. The molecule has 0 aromatic carbocycles. The maximum atomic E-state index is 11.8. The van der Waals surface area contributed by atoms with Gasteiger partial charge in [-0.05, 0) is 32.7 Å². The Morgan fingerprint density at radius 3 is 2.84 bits per heavy atom. The highest BCUT2D eigenvalue weighted by Gasteiger charge is 2.27. The maximum absolute atomic E-state index is 11.8. The van der Waals surface area contributed by atoms with Crippen LogP contribution in [0.4, 0.5) is 4.79 Å². The van der Waals surface area contributed by atoms with Gasteiger partial charge in [-0.15, -0.1) is 0 Å². The van der Waals surface area contributed by atoms with E-state index < -0.39 is 0 Å². The summed E-state index contributed by atoms with van der Waals surface area (Å²) in [6.45, 7) is 3.91. The van der Waals surface area contributed by atoms with Crippen molar-refractivity contribution in [3.05, 3.63) is 11.3 Å². The molecule has 1 saturated carbocycles. The van der Waals surface area contributed by atoms with Gasteiger partial charge in [-0.1, -0.05) is 0 Å². The van der Waals surface area contributed by atoms with Crippen molar-refractivity contribution in [1.29, 1.82) is 0 Å². The summed E-state index contributed by atoms with van der Waals surface area (Å²) in [5.74, 6) is 0.416. The van der Waals surface area contributed by atoms with Crippen LogP contribution in [-0.2, 0) is 9.53 Å². The van der Waals surface area contributed by atoms with Crippen molar-refractivity contribution >= 4 is 12.0 Å². The number of amides is 2. The second kappa shape index (κ2) is 6.06. The Bertz CT molecular complexity index is 402. The Labute approximate surface area is 113 Å². The average Bonchev–Trinajstić information content (AvgIpc) is 3.13. The van der Waals surface area contributed by atoms with Crippen LogP contribution in [0.5, 0.6) is 0 Å². The number of likely N-dealkylation sites (N-methyl/N-ethyl adjacent to an activating group) is 1. The van der Waals surface area contributed by atoms with Gasteiger partial charge in [0.25, 0.3) is 0 Å². The number of esters is 1. The highest BCUT2D eigenvalue weighted by molar-refractivity contribution is 5.93. The normalized spacial score (nSPS) is 19.2. The largest absolute Gasteiger partial charge is 0.463 e. The zero-order chi connectivity index (χ0) is 13.8. The van der Waals surface area contributed by atoms with Gasteiger partial charge in [0.1, 0.15) is 0 Å². The molecule has 2 rings (SSSR count). The summed E-state index contributed by atoms with van der Waals surface area (Å²) >= 11 is 0. The van der Waals surface area contributed by atoms with Crippen molar-refractivity contribution in [3.63, 3.8) is 0 Å². The lowest BCUT2D eigenvalue weighted by Gasteiger charge is -2.25. The smallest absolute Gasteiger partial charge is 0.337 e. The lowest BCUT2D eigenvalue weighted by Crippen LogP contribution is -2.46. The van der Waals surface area contributed by atoms with Gasteiger partial charge in [0.15, 0.2) is 0 Å². The van der Waals surface area contributed by atoms with Crippen molar-refractivity contribution < 1.29 is 14.3 Å². The summed E-state index contributed by atoms with van der Waals surface area (Å²) in [6.07, 6.45) is 2.56. The molecule has 0 aromatic rings. The van der Waals surface area contributed by atoms with Crippen molar-refractivity contribution in [2.75, 3.05) is 33.3 Å². The average molecular weight is 267 g/mol. The van der Waals surface area contributed by atoms with E-state index in [1.165, 1.54) is 12.8 Å². The number of carbonyl (C=O) groups is 2. The predicted octanol–water partition coefficient (Wildman–Crippen LogP) is 0.458. The minimum Gasteiger partial charge on any atom is -0.463 e. The molecule has 1 aliphatic carbocycles. The van der Waals surface area contributed by atoms with Crippen molar-refractivity contribution in [2.45, 2.75) is 19.8 Å². The predicted molar refractivity (Wildman–Crippen MR) is 70.4 cm³/mol. The summed E-state index contributed by atoms with van der Waals surface area (Å²) in [4.78, 5) is 25.4. The number of hydrogen-bond donors (Lipinski definition) is 2. The molecule has 6 nitrogen and oxygen atoms in total. The van der Waals surface area contributed by atoms with E-state index in [0.717, 1.165) is 12.5 Å². The third-order valence-corrected chi connectivity index (χ3v) is 3.27. The molecule has 2 aliphatic rings. The third-order valence-electron chi connectivity index (χ3n) is 3.27. The number of urea groups is 1. The third kappa shape index (κ3) is 3.96. The maximum Gasteiger partial charge on any atom is 0.337 e. The molecule has 0 spiro atoms. The monoisotopic (exact) mass is 267 g/mol. The van der Waals surface area contributed by atoms with Gasteiger partial charge in [-0.2, -0.15) is 0 Å². The van der Waals surface area contributed by atoms with Crippen LogP contribution in [0.25, 0.3) is 0 Å². The first-order valence-corrected chi connectivity index (χ1v) is 6.72. The van der Waals surface area contributed by atoms with Gasteiger partial charge in [0, 0.05) is 18.8 Å². The molecule has 106 valence electrons. The van der Waals surface area contributed by atoms with E-state index in [1.807, 2.05) is 7.05 Å². The fraction of sp³-hybridized carbons (Fsp3) is 0.692. The second-order valence-corrected chi connectivity index (χ2v) is 5.13. The quantitative estimate of drug-likeness (QED) is 0.686. The van der Waals surface area contributed by atoms with E-state index in [0.29, 0.717) is 24.4 Å². The molecular weight excluding hydrogens is 246 g/mol. The highest BCUT2D eigenvalue weighted by Crippen LogP contribution is 2.29. The van der Waals surface area contributed by atoms with Gasteiger partial charge >= 0.3 is 12.0 Å². The molecule has 2 N–H and O–H groups in total. The van der Waals surface area contributed by atoms with E-state index in [4.69, 9.17) is 4.74 Å². The molecule has 0 aromatic heterocycles. The number of nitrogens with zero attached hydrogens (tertiary/aromatic N) is 1. The molecule has 0 unspecified atom stereocenters. The number of carbonyl (C=O) groups excluding carboxylic acids is 2. The van der Waals surface area contributed by atoms with Gasteiger partial charge in [0.05, 0.1) is 18.7 Å². The van der Waals surface area contributed by atoms with Gasteiger partial charge in [0.2, 0.25) is 0 Å². The minimum absolute atomic E-state index is 0.233. The molecule has 0 atom stereocenters. The fourth-order valence-electron chi connectivity index (χ4n) is 2.16. The van der Waals surface area contributed by atoms with E-state index in [-0.39, 0.29) is 18.5 Å². The van der Waals surface area contributed by atoms with Crippen LogP contribution in [0.15, 0.2) is 11.3 Å². The number of hydrogen-bond acceptors (Lipinski definition) is 4. The Kier molecular flexibility index (Phi) is 4.42. The topological polar surface area (TPSA) is 70.7 Å². The lowest BCUT2D eigenvalue weighted by atomic mass is 10.1. The van der Waals surface area contributed by atoms with Crippen molar-refractivity contribution in [1.82, 2.24) is 15.5 Å². The second-order valence-electron chi connectivity index (χ2n) is 5.13. The summed E-state index contributed by atoms with van der Waals surface area (Å²) < 4.78 is 5.02. The van der Waals surface area contributed by atoms with Crippen molar-refractivity contribution in [3.8, 4) is 0 Å². The van der Waals surface area contributed by atoms with E-state index >= 15 is 0 Å². The van der Waals surface area contributed by atoms with Crippen LogP contribution in [0.3, 0.4) is 0 Å². The number of rotatable bonds is 6. The van der Waals surface area contributed by atoms with Gasteiger partial charge < -0.3 is 20.3 Å². The van der Waals surface area contributed by atoms with E-state index in [1.54, 1.807) is 6.92 Å². The standard InChI is InChI=1S/C13H21N3O3/c1-3-19-12(17)10-6-14-13(18)15-11(10)8-16(2)7-9-4-5-9/h9H,3-8H2,1-2H3,(H2,14,15,18). The number of ether oxygens (including phenoxy) is 1. The molecule has 0 radical (unpaired) electrons. The summed E-state index contributed by atoms with van der Waals surface area (Å²) in [6, 6.07) is -0.261. The first-order chi connectivity index (χ1) is 9.10. The van der Waals surface area contributed by atoms with Gasteiger partial charge in [-0.3, -0.25) is 0 Å². The summed E-state index contributed by atoms with van der Waals surface area (Å²) in [7, 11) is 2.00. The summed E-state index contributed by atoms with van der Waals surface area (Å²) in [5, 5.41) is 5.32. The Morgan fingerprint density at radius 1 is 1.47 bits per heavy atom. The van der Waals surface area contributed by atoms with Crippen LogP contribution >= 0.6 is 0 Å². The minimum atomic E-state index is -0.357. The number of nitrogens with one attached hydrogen (secondary N) is 2. The molecule has 19 heavy (non-hydrogen) atoms. The van der Waals surface area contributed by atoms with Crippen LogP contribution in [0.1, 0.15) is 19.8 Å². The van der Waals surface area contributed by atoms with Crippen LogP contribution in [0.2, 0.25) is 0 Å². The molecule has 1 heterocycles. The molecular formula is C13H21N3O3. The Hall–Kier alpha value is -1.56. The first kappa shape index (κ1) is 13.9. The van der Waals surface area contributed by atoms with Crippen LogP contribution in [-0.4, -0.2) is 50.2 Å². The van der Waals surface area contributed by atoms with Crippen molar-refractivity contribution in [2.24, 2.45) is 5.92 Å². The van der Waals surface area contributed by atoms with E-state index in [2.05, 4.69) is 15.5 Å². The zero-order valence-electron chi connectivity index (χ0n) is 11.5. The van der Waals surface area contributed by atoms with Crippen LogP contribution < -0.4 is 10.6 Å². The lowest BCUT2D eigenvalue weighted by molar-refractivity contribution is -0.138. The highest BCUT2D eigenvalue weighted by atomic mass is 16.5. The Morgan fingerprint density at radius 2 is 2.21 bits per heavy atom. The summed E-state index contributed by atoms with van der Waals surface area (Å²) in [5.41, 5.74) is 1.18. The van der Waals surface area contributed by atoms with E-state index in [9.17, 15) is 9.59 Å². The molecule has 1 fully saturated rings. The molecule has 0 bridgehead atoms. The molecule has 0 saturated heterocycles. The van der Waals surface area contributed by atoms with Gasteiger partial charge in [-0.25, -0.2) is 9.59 Å². The fourth-order valence-corrected chi connectivity index (χ4v) is 2.16. The zero-order valence-corrected chi connectivity index (χ0v) is 11.5. The Balaban J connectivity index is 2.04. The van der Waals surface area contributed by atoms with Crippen LogP contribution in [0, 0.1) is 5.92 Å². The molecule has 2 amide bonds. The molecule has 6 heteroatoms. The first-order valence-electron chi connectivity index (χ1n) is 6.72. The SMILES string of the molecule is CCOC(=O)C1=C(CN(C)CC2CC2)NC(=O)NC1.